The predicted octanol–water partition coefficient (Wildman–Crippen LogP) is 3.37. The van der Waals surface area contributed by atoms with Crippen molar-refractivity contribution >= 4 is 23.2 Å². The van der Waals surface area contributed by atoms with Crippen molar-refractivity contribution in [1.82, 2.24) is 9.78 Å². The van der Waals surface area contributed by atoms with E-state index in [1.54, 1.807) is 6.07 Å². The van der Waals surface area contributed by atoms with Gasteiger partial charge in [0, 0.05) is 30.6 Å². The number of nitrogens with one attached hydrogen (secondary N) is 1. The molecule has 1 aromatic carbocycles. The Morgan fingerprint density at radius 2 is 2.17 bits per heavy atom. The number of rotatable bonds is 7. The van der Waals surface area contributed by atoms with Gasteiger partial charge in [-0.15, -0.1) is 0 Å². The molecule has 2 aromatic rings. The molecule has 0 radical (unpaired) electrons. The molecule has 0 fully saturated rings. The fourth-order valence-electron chi connectivity index (χ4n) is 2.14. The molecule has 0 spiro atoms. The molecule has 1 heterocycles. The molecule has 2 rings (SSSR count). The Bertz CT molecular complexity index is 739. The lowest BCUT2D eigenvalue weighted by Crippen LogP contribution is -2.07. The molecule has 0 aliphatic rings. The second-order valence-electron chi connectivity index (χ2n) is 5.75. The van der Waals surface area contributed by atoms with Gasteiger partial charge < -0.3 is 10.1 Å². The van der Waals surface area contributed by atoms with Crippen molar-refractivity contribution < 1.29 is 14.5 Å². The normalized spacial score (nSPS) is 10.7. The standard InChI is InChI=1S/C16H20N4O4/c1-11(2)6-8-19-9-7-15(18-19)17-12-4-5-14(20(22)23)13(10-12)16(21)24-3/h4-5,7,9-11H,6,8H2,1-3H3,(H,17,18). The fraction of sp³-hybridized carbons (Fsp3) is 0.375. The van der Waals surface area contributed by atoms with Crippen molar-refractivity contribution in [2.45, 2.75) is 26.8 Å². The van der Waals surface area contributed by atoms with Crippen LogP contribution in [-0.4, -0.2) is 27.8 Å². The van der Waals surface area contributed by atoms with Gasteiger partial charge in [0.2, 0.25) is 0 Å². The number of hydrogen-bond acceptors (Lipinski definition) is 6. The number of hydrogen-bond donors (Lipinski definition) is 1. The van der Waals surface area contributed by atoms with Crippen molar-refractivity contribution in [3.05, 3.63) is 46.1 Å². The van der Waals surface area contributed by atoms with E-state index in [0.717, 1.165) is 13.0 Å². The number of nitrogens with zero attached hydrogens (tertiary/aromatic N) is 3. The number of esters is 1. The van der Waals surface area contributed by atoms with E-state index in [0.29, 0.717) is 17.4 Å². The summed E-state index contributed by atoms with van der Waals surface area (Å²) in [6, 6.07) is 5.98. The fourth-order valence-corrected chi connectivity index (χ4v) is 2.14. The Kier molecular flexibility index (Phi) is 5.51. The maximum atomic E-state index is 11.7. The number of ether oxygens (including phenoxy) is 1. The zero-order chi connectivity index (χ0) is 17.7. The molecule has 0 bridgehead atoms. The van der Waals surface area contributed by atoms with Crippen molar-refractivity contribution in [3.8, 4) is 0 Å². The number of aryl methyl sites for hydroxylation is 1. The minimum Gasteiger partial charge on any atom is -0.465 e. The van der Waals surface area contributed by atoms with Crippen LogP contribution in [0.25, 0.3) is 0 Å². The number of methoxy groups -OCH3 is 1. The molecule has 0 saturated carbocycles. The first-order valence-electron chi connectivity index (χ1n) is 7.58. The molecular weight excluding hydrogens is 312 g/mol. The molecular formula is C16H20N4O4. The molecule has 0 aliphatic carbocycles. The van der Waals surface area contributed by atoms with E-state index < -0.39 is 10.9 Å². The van der Waals surface area contributed by atoms with E-state index >= 15 is 0 Å². The second-order valence-corrected chi connectivity index (χ2v) is 5.75. The van der Waals surface area contributed by atoms with Crippen molar-refractivity contribution in [2.75, 3.05) is 12.4 Å². The van der Waals surface area contributed by atoms with Crippen molar-refractivity contribution in [1.29, 1.82) is 0 Å². The van der Waals surface area contributed by atoms with Gasteiger partial charge in [-0.1, -0.05) is 13.8 Å². The van der Waals surface area contributed by atoms with E-state index in [1.165, 1.54) is 25.3 Å². The van der Waals surface area contributed by atoms with Gasteiger partial charge in [-0.3, -0.25) is 14.8 Å². The van der Waals surface area contributed by atoms with Gasteiger partial charge in [-0.2, -0.15) is 5.10 Å². The van der Waals surface area contributed by atoms with Crippen LogP contribution in [0.4, 0.5) is 17.2 Å². The second kappa shape index (κ2) is 7.58. The average Bonchev–Trinajstić information content (AvgIpc) is 2.99. The predicted molar refractivity (Wildman–Crippen MR) is 89.4 cm³/mol. The van der Waals surface area contributed by atoms with E-state index in [1.807, 2.05) is 10.9 Å². The molecule has 0 atom stereocenters. The highest BCUT2D eigenvalue weighted by Crippen LogP contribution is 2.25. The third-order valence-corrected chi connectivity index (χ3v) is 3.45. The van der Waals surface area contributed by atoms with Gasteiger partial charge >= 0.3 is 5.97 Å². The maximum absolute atomic E-state index is 11.7. The Hall–Kier alpha value is -2.90. The summed E-state index contributed by atoms with van der Waals surface area (Å²) in [7, 11) is 1.18. The first-order valence-corrected chi connectivity index (χ1v) is 7.58. The number of nitro groups is 1. The Morgan fingerprint density at radius 1 is 1.42 bits per heavy atom. The molecule has 8 heteroatoms. The van der Waals surface area contributed by atoms with Crippen LogP contribution in [0, 0.1) is 16.0 Å². The monoisotopic (exact) mass is 332 g/mol. The van der Waals surface area contributed by atoms with Crippen LogP contribution in [0.1, 0.15) is 30.6 Å². The van der Waals surface area contributed by atoms with E-state index in [4.69, 9.17) is 0 Å². The molecule has 1 N–H and O–H groups in total. The van der Waals surface area contributed by atoms with Crippen LogP contribution in [0.5, 0.6) is 0 Å². The first kappa shape index (κ1) is 17.5. The Labute approximate surface area is 139 Å². The molecule has 0 saturated heterocycles. The lowest BCUT2D eigenvalue weighted by molar-refractivity contribution is -0.385. The van der Waals surface area contributed by atoms with Gasteiger partial charge in [0.1, 0.15) is 5.56 Å². The van der Waals surface area contributed by atoms with Gasteiger partial charge in [-0.25, -0.2) is 4.79 Å². The SMILES string of the molecule is COC(=O)c1cc(Nc2ccn(CCC(C)C)n2)ccc1[N+](=O)[O-]. The maximum Gasteiger partial charge on any atom is 0.344 e. The molecule has 0 amide bonds. The van der Waals surface area contributed by atoms with E-state index in [2.05, 4.69) is 29.0 Å². The summed E-state index contributed by atoms with van der Waals surface area (Å²) in [5, 5.41) is 18.4. The summed E-state index contributed by atoms with van der Waals surface area (Å²) < 4.78 is 6.43. The molecule has 0 aliphatic heterocycles. The Balaban J connectivity index is 2.18. The molecule has 128 valence electrons. The summed E-state index contributed by atoms with van der Waals surface area (Å²) in [5.74, 6) is 0.430. The van der Waals surface area contributed by atoms with Crippen LogP contribution < -0.4 is 5.32 Å². The van der Waals surface area contributed by atoms with Crippen LogP contribution in [0.15, 0.2) is 30.5 Å². The zero-order valence-electron chi connectivity index (χ0n) is 13.9. The number of benzene rings is 1. The number of carbonyl (C=O) groups is 1. The van der Waals surface area contributed by atoms with E-state index in [-0.39, 0.29) is 11.3 Å². The molecule has 0 unspecified atom stereocenters. The van der Waals surface area contributed by atoms with Crippen molar-refractivity contribution in [2.24, 2.45) is 5.92 Å². The highest BCUT2D eigenvalue weighted by atomic mass is 16.6. The minimum atomic E-state index is -0.757. The zero-order valence-corrected chi connectivity index (χ0v) is 13.9. The number of aromatic nitrogens is 2. The Morgan fingerprint density at radius 3 is 2.79 bits per heavy atom. The van der Waals surface area contributed by atoms with Gasteiger partial charge in [0.25, 0.3) is 5.69 Å². The number of anilines is 2. The van der Waals surface area contributed by atoms with Gasteiger partial charge in [0.15, 0.2) is 5.82 Å². The summed E-state index contributed by atoms with van der Waals surface area (Å²) in [5.41, 5.74) is 0.122. The summed E-state index contributed by atoms with van der Waals surface area (Å²) in [6.07, 6.45) is 2.88. The highest BCUT2D eigenvalue weighted by molar-refractivity contribution is 5.95. The lowest BCUT2D eigenvalue weighted by atomic mass is 10.1. The smallest absolute Gasteiger partial charge is 0.344 e. The third-order valence-electron chi connectivity index (χ3n) is 3.45. The summed E-state index contributed by atoms with van der Waals surface area (Å²) in [6.45, 7) is 5.11. The molecule has 8 nitrogen and oxygen atoms in total. The van der Waals surface area contributed by atoms with E-state index in [9.17, 15) is 14.9 Å². The first-order chi connectivity index (χ1) is 11.4. The van der Waals surface area contributed by atoms with Crippen LogP contribution in [-0.2, 0) is 11.3 Å². The number of carbonyl (C=O) groups excluding carboxylic acids is 1. The average molecular weight is 332 g/mol. The topological polar surface area (TPSA) is 99.3 Å². The summed E-state index contributed by atoms with van der Waals surface area (Å²) >= 11 is 0. The lowest BCUT2D eigenvalue weighted by Gasteiger charge is -2.07. The number of nitro benzene ring substituents is 1. The highest BCUT2D eigenvalue weighted by Gasteiger charge is 2.21. The largest absolute Gasteiger partial charge is 0.465 e. The van der Waals surface area contributed by atoms with Gasteiger partial charge in [-0.05, 0) is 24.5 Å². The molecule has 24 heavy (non-hydrogen) atoms. The van der Waals surface area contributed by atoms with Crippen LogP contribution >= 0.6 is 0 Å². The molecule has 1 aromatic heterocycles. The van der Waals surface area contributed by atoms with Crippen molar-refractivity contribution in [3.63, 3.8) is 0 Å². The van der Waals surface area contributed by atoms with Gasteiger partial charge in [0.05, 0.1) is 12.0 Å². The van der Waals surface area contributed by atoms with Crippen LogP contribution in [0.3, 0.4) is 0 Å². The quantitative estimate of drug-likeness (QED) is 0.474. The summed E-state index contributed by atoms with van der Waals surface area (Å²) in [4.78, 5) is 22.1. The minimum absolute atomic E-state index is 0.105. The third kappa shape index (κ3) is 4.31. The van der Waals surface area contributed by atoms with Crippen LogP contribution in [0.2, 0.25) is 0 Å².